The molecule has 5 nitrogen and oxygen atoms in total. The molecular weight excluding hydrogens is 371 g/mol. The van der Waals surface area contributed by atoms with E-state index in [9.17, 15) is 19.1 Å². The average molecular weight is 389 g/mol. The zero-order valence-corrected chi connectivity index (χ0v) is 15.2. The van der Waals surface area contributed by atoms with Gasteiger partial charge in [0.05, 0.1) is 11.8 Å². The van der Waals surface area contributed by atoms with Crippen molar-refractivity contribution in [3.05, 3.63) is 64.9 Å². The quantitative estimate of drug-likeness (QED) is 0.879. The van der Waals surface area contributed by atoms with Gasteiger partial charge in [-0.05, 0) is 23.8 Å². The molecule has 1 spiro atoms. The maximum absolute atomic E-state index is 14.4. The van der Waals surface area contributed by atoms with Crippen molar-refractivity contribution in [1.82, 2.24) is 4.90 Å². The molecule has 0 aromatic heterocycles. The largest absolute Gasteiger partial charge is 0.393 e. The van der Waals surface area contributed by atoms with Gasteiger partial charge in [0.1, 0.15) is 17.9 Å². The van der Waals surface area contributed by atoms with Crippen molar-refractivity contribution in [1.29, 1.82) is 0 Å². The molecule has 2 amide bonds. The number of rotatable bonds is 3. The van der Waals surface area contributed by atoms with Crippen LogP contribution in [0.15, 0.2) is 48.5 Å². The molecule has 1 aliphatic carbocycles. The third-order valence-electron chi connectivity index (χ3n) is 5.29. The minimum atomic E-state index is -1.14. The van der Waals surface area contributed by atoms with Crippen LogP contribution >= 0.6 is 11.6 Å². The Kier molecular flexibility index (Phi) is 4.40. The summed E-state index contributed by atoms with van der Waals surface area (Å²) in [6.07, 6.45) is -0.360. The van der Waals surface area contributed by atoms with Crippen molar-refractivity contribution in [2.75, 3.05) is 11.4 Å². The number of aliphatic hydroxyl groups excluding tert-OH is 1. The topological polar surface area (TPSA) is 60.9 Å². The first-order chi connectivity index (χ1) is 12.9. The van der Waals surface area contributed by atoms with Gasteiger partial charge < -0.3 is 10.0 Å². The molecule has 1 saturated heterocycles. The van der Waals surface area contributed by atoms with E-state index in [1.165, 1.54) is 21.9 Å². The van der Waals surface area contributed by atoms with Crippen molar-refractivity contribution < 1.29 is 19.1 Å². The highest BCUT2D eigenvalue weighted by Crippen LogP contribution is 2.44. The Morgan fingerprint density at radius 1 is 1.15 bits per heavy atom. The molecule has 2 fully saturated rings. The van der Waals surface area contributed by atoms with Gasteiger partial charge in [0.15, 0.2) is 0 Å². The van der Waals surface area contributed by atoms with E-state index in [4.69, 9.17) is 11.6 Å². The zero-order valence-electron chi connectivity index (χ0n) is 14.4. The lowest BCUT2D eigenvalue weighted by molar-refractivity contribution is -0.167. The summed E-state index contributed by atoms with van der Waals surface area (Å²) >= 11 is 5.80. The molecule has 140 valence electrons. The number of halogens is 2. The van der Waals surface area contributed by atoms with Crippen molar-refractivity contribution in [3.63, 3.8) is 0 Å². The molecule has 1 saturated carbocycles. The van der Waals surface area contributed by atoms with Crippen LogP contribution in [-0.2, 0) is 16.1 Å². The standard InChI is InChI=1S/C20H18ClFN2O3/c21-14-6-7-17(16(22)8-14)23-12-18(26)24(11-13-4-2-1-3-5-13)20(19(23)27)9-15(25)10-20/h1-8,15,25H,9-12H2/t15-,20+. The number of carbonyl (C=O) groups is 2. The SMILES string of the molecule is O=C1CN(c2ccc(Cl)cc2F)C(=O)[C@]2(C[C@H](O)C2)N1Cc1ccccc1. The summed E-state index contributed by atoms with van der Waals surface area (Å²) in [6, 6.07) is 13.4. The highest BCUT2D eigenvalue weighted by Gasteiger charge is 2.60. The number of piperazine rings is 1. The molecule has 2 aliphatic rings. The van der Waals surface area contributed by atoms with Gasteiger partial charge in [0.25, 0.3) is 5.91 Å². The smallest absolute Gasteiger partial charge is 0.253 e. The van der Waals surface area contributed by atoms with Crippen LogP contribution in [0.25, 0.3) is 0 Å². The van der Waals surface area contributed by atoms with Crippen molar-refractivity contribution in [2.24, 2.45) is 0 Å². The summed E-state index contributed by atoms with van der Waals surface area (Å²) in [5.74, 6) is -1.31. The van der Waals surface area contributed by atoms with Gasteiger partial charge in [0, 0.05) is 24.4 Å². The van der Waals surface area contributed by atoms with Crippen molar-refractivity contribution >= 4 is 29.1 Å². The Balaban J connectivity index is 1.69. The number of aliphatic hydroxyl groups is 1. The Morgan fingerprint density at radius 2 is 1.85 bits per heavy atom. The molecule has 1 heterocycles. The second-order valence-corrected chi connectivity index (χ2v) is 7.48. The van der Waals surface area contributed by atoms with E-state index in [0.29, 0.717) is 0 Å². The van der Waals surface area contributed by atoms with Crippen molar-refractivity contribution in [2.45, 2.75) is 31.0 Å². The summed E-state index contributed by atoms with van der Waals surface area (Å²) in [5, 5.41) is 10.1. The molecule has 27 heavy (non-hydrogen) atoms. The van der Waals surface area contributed by atoms with Gasteiger partial charge in [-0.15, -0.1) is 0 Å². The van der Waals surface area contributed by atoms with E-state index < -0.39 is 17.5 Å². The second kappa shape index (κ2) is 6.62. The zero-order chi connectivity index (χ0) is 19.2. The molecule has 7 heteroatoms. The number of hydrogen-bond donors (Lipinski definition) is 1. The molecular formula is C20H18ClFN2O3. The maximum Gasteiger partial charge on any atom is 0.253 e. The first-order valence-electron chi connectivity index (χ1n) is 8.70. The van der Waals surface area contributed by atoms with Crippen LogP contribution in [-0.4, -0.2) is 40.0 Å². The Labute approximate surface area is 161 Å². The molecule has 0 radical (unpaired) electrons. The van der Waals surface area contributed by atoms with Crippen LogP contribution in [0.3, 0.4) is 0 Å². The lowest BCUT2D eigenvalue weighted by Gasteiger charge is -2.55. The van der Waals surface area contributed by atoms with E-state index in [1.807, 2.05) is 30.3 Å². The summed E-state index contributed by atoms with van der Waals surface area (Å²) in [4.78, 5) is 28.9. The number of hydrogen-bond acceptors (Lipinski definition) is 3. The number of anilines is 1. The molecule has 2 aromatic carbocycles. The molecule has 1 aliphatic heterocycles. The molecule has 0 atom stereocenters. The van der Waals surface area contributed by atoms with Crippen LogP contribution in [0.2, 0.25) is 5.02 Å². The highest BCUT2D eigenvalue weighted by molar-refractivity contribution is 6.30. The minimum absolute atomic E-state index is 0.0258. The third kappa shape index (κ3) is 2.99. The average Bonchev–Trinajstić information content (AvgIpc) is 2.61. The fraction of sp³-hybridized carbons (Fsp3) is 0.300. The predicted molar refractivity (Wildman–Crippen MR) is 98.7 cm³/mol. The van der Waals surface area contributed by atoms with Crippen LogP contribution in [0, 0.1) is 5.82 Å². The van der Waals surface area contributed by atoms with E-state index in [-0.39, 0.29) is 48.5 Å². The fourth-order valence-electron chi connectivity index (χ4n) is 3.91. The summed E-state index contributed by atoms with van der Waals surface area (Å²) in [5.41, 5.74) is -0.222. The van der Waals surface area contributed by atoms with Gasteiger partial charge in [0.2, 0.25) is 5.91 Å². The van der Waals surface area contributed by atoms with Gasteiger partial charge in [-0.25, -0.2) is 4.39 Å². The highest BCUT2D eigenvalue weighted by atomic mass is 35.5. The van der Waals surface area contributed by atoms with Crippen LogP contribution in [0.4, 0.5) is 10.1 Å². The molecule has 4 rings (SSSR count). The number of amides is 2. The first-order valence-corrected chi connectivity index (χ1v) is 9.08. The number of benzene rings is 2. The van der Waals surface area contributed by atoms with Gasteiger partial charge >= 0.3 is 0 Å². The normalized spacial score (nSPS) is 25.1. The van der Waals surface area contributed by atoms with E-state index in [1.54, 1.807) is 0 Å². The van der Waals surface area contributed by atoms with E-state index in [0.717, 1.165) is 11.6 Å². The molecule has 1 N–H and O–H groups in total. The number of nitrogens with zero attached hydrogens (tertiary/aromatic N) is 2. The second-order valence-electron chi connectivity index (χ2n) is 7.05. The van der Waals surface area contributed by atoms with E-state index >= 15 is 0 Å². The Morgan fingerprint density at radius 3 is 2.48 bits per heavy atom. The number of carbonyl (C=O) groups excluding carboxylic acids is 2. The van der Waals surface area contributed by atoms with Crippen LogP contribution in [0.5, 0.6) is 0 Å². The Hall–Kier alpha value is -2.44. The minimum Gasteiger partial charge on any atom is -0.393 e. The van der Waals surface area contributed by atoms with Gasteiger partial charge in [-0.3, -0.25) is 14.5 Å². The maximum atomic E-state index is 14.4. The first kappa shape index (κ1) is 17.9. The summed E-state index contributed by atoms with van der Waals surface area (Å²) in [6.45, 7) is 0.0249. The molecule has 2 aromatic rings. The van der Waals surface area contributed by atoms with Crippen LogP contribution in [0.1, 0.15) is 18.4 Å². The summed E-state index contributed by atoms with van der Waals surface area (Å²) in [7, 11) is 0. The van der Waals surface area contributed by atoms with Crippen LogP contribution < -0.4 is 4.90 Å². The van der Waals surface area contributed by atoms with E-state index in [2.05, 4.69) is 0 Å². The third-order valence-corrected chi connectivity index (χ3v) is 5.52. The Bertz CT molecular complexity index is 899. The summed E-state index contributed by atoms with van der Waals surface area (Å²) < 4.78 is 14.4. The van der Waals surface area contributed by atoms with Gasteiger partial charge in [-0.1, -0.05) is 41.9 Å². The monoisotopic (exact) mass is 388 g/mol. The predicted octanol–water partition coefficient (Wildman–Crippen LogP) is 2.75. The lowest BCUT2D eigenvalue weighted by atomic mass is 9.70. The molecule has 0 unspecified atom stereocenters. The molecule has 0 bridgehead atoms. The fourth-order valence-corrected chi connectivity index (χ4v) is 4.07. The lowest BCUT2D eigenvalue weighted by Crippen LogP contribution is -2.73. The van der Waals surface area contributed by atoms with Crippen molar-refractivity contribution in [3.8, 4) is 0 Å². The van der Waals surface area contributed by atoms with Gasteiger partial charge in [-0.2, -0.15) is 0 Å².